The second-order valence-corrected chi connectivity index (χ2v) is 6.37. The Morgan fingerprint density at radius 3 is 2.54 bits per heavy atom. The molecule has 0 aliphatic carbocycles. The van der Waals surface area contributed by atoms with Gasteiger partial charge >= 0.3 is 6.03 Å². The first kappa shape index (κ1) is 18.7. The maximum atomic E-state index is 12.9. The van der Waals surface area contributed by atoms with Gasteiger partial charge in [-0.15, -0.1) is 0 Å². The van der Waals surface area contributed by atoms with Gasteiger partial charge in [-0.2, -0.15) is 5.26 Å². The van der Waals surface area contributed by atoms with Crippen LogP contribution in [0.15, 0.2) is 48.5 Å². The molecule has 2 aromatic rings. The van der Waals surface area contributed by atoms with E-state index < -0.39 is 34.7 Å². The van der Waals surface area contributed by atoms with Gasteiger partial charge in [0.25, 0.3) is 11.6 Å². The molecule has 28 heavy (non-hydrogen) atoms. The number of imide groups is 1. The maximum absolute atomic E-state index is 12.9. The van der Waals surface area contributed by atoms with E-state index in [9.17, 15) is 24.5 Å². The molecular weight excluding hydrogens is 364 g/mol. The van der Waals surface area contributed by atoms with Crippen molar-refractivity contribution in [3.05, 3.63) is 75.3 Å². The van der Waals surface area contributed by atoms with Gasteiger partial charge in [0.2, 0.25) is 0 Å². The van der Waals surface area contributed by atoms with Crippen LogP contribution in [0, 0.1) is 21.4 Å². The van der Waals surface area contributed by atoms with Gasteiger partial charge in [0.05, 0.1) is 23.1 Å². The van der Waals surface area contributed by atoms with Crippen LogP contribution in [-0.2, 0) is 10.3 Å². The Balaban J connectivity index is 1.83. The third-order valence-electron chi connectivity index (χ3n) is 4.55. The Hall–Kier alpha value is -4.06. The summed E-state index contributed by atoms with van der Waals surface area (Å²) in [5, 5.41) is 22.3. The number of hydrogen-bond acceptors (Lipinski definition) is 6. The van der Waals surface area contributed by atoms with Gasteiger partial charge < -0.3 is 5.32 Å². The number of amides is 3. The van der Waals surface area contributed by atoms with Crippen LogP contribution in [0.5, 0.6) is 0 Å². The summed E-state index contributed by atoms with van der Waals surface area (Å²) in [5.41, 5.74) is -0.738. The average Bonchev–Trinajstić information content (AvgIpc) is 2.92. The Morgan fingerprint density at radius 1 is 1.25 bits per heavy atom. The summed E-state index contributed by atoms with van der Waals surface area (Å²) >= 11 is 0. The lowest BCUT2D eigenvalue weighted by atomic mass is 9.91. The molecule has 1 fully saturated rings. The number of carbonyl (C=O) groups is 3. The highest BCUT2D eigenvalue weighted by Crippen LogP contribution is 2.29. The zero-order valence-electron chi connectivity index (χ0n) is 14.7. The van der Waals surface area contributed by atoms with Crippen LogP contribution in [-0.4, -0.2) is 34.1 Å². The molecular formula is C19H14N4O5. The summed E-state index contributed by atoms with van der Waals surface area (Å²) in [6.45, 7) is 0.962. The van der Waals surface area contributed by atoms with Crippen molar-refractivity contribution in [2.45, 2.75) is 12.5 Å². The van der Waals surface area contributed by atoms with E-state index in [1.165, 1.54) is 37.3 Å². The van der Waals surface area contributed by atoms with Crippen molar-refractivity contribution in [1.29, 1.82) is 5.26 Å². The second-order valence-electron chi connectivity index (χ2n) is 6.37. The molecule has 1 unspecified atom stereocenters. The van der Waals surface area contributed by atoms with Crippen LogP contribution in [0.4, 0.5) is 10.5 Å². The molecule has 1 saturated heterocycles. The third-order valence-corrected chi connectivity index (χ3v) is 4.55. The van der Waals surface area contributed by atoms with Crippen LogP contribution >= 0.6 is 0 Å². The number of carbonyl (C=O) groups excluding carboxylic acids is 3. The number of rotatable bonds is 5. The lowest BCUT2D eigenvalue weighted by molar-refractivity contribution is -0.384. The highest BCUT2D eigenvalue weighted by molar-refractivity contribution is 6.11. The molecule has 1 aliphatic heterocycles. The van der Waals surface area contributed by atoms with Crippen LogP contribution in [0.3, 0.4) is 0 Å². The molecule has 0 saturated carbocycles. The molecule has 1 heterocycles. The number of hydrogen-bond donors (Lipinski definition) is 1. The van der Waals surface area contributed by atoms with Gasteiger partial charge in [-0.05, 0) is 24.6 Å². The number of nitro groups is 1. The number of benzene rings is 2. The van der Waals surface area contributed by atoms with Crippen LogP contribution < -0.4 is 5.32 Å². The largest absolute Gasteiger partial charge is 0.325 e. The first-order valence-corrected chi connectivity index (χ1v) is 8.18. The smallest absolute Gasteiger partial charge is 0.319 e. The van der Waals surface area contributed by atoms with E-state index >= 15 is 0 Å². The van der Waals surface area contributed by atoms with E-state index in [2.05, 4.69) is 5.32 Å². The lowest BCUT2D eigenvalue weighted by Crippen LogP contribution is -2.41. The molecule has 0 aromatic heterocycles. The van der Waals surface area contributed by atoms with Crippen LogP contribution in [0.2, 0.25) is 0 Å². The predicted molar refractivity (Wildman–Crippen MR) is 96.2 cm³/mol. The summed E-state index contributed by atoms with van der Waals surface area (Å²) in [5.74, 6) is -1.22. The first-order valence-electron chi connectivity index (χ1n) is 8.18. The molecule has 0 radical (unpaired) electrons. The summed E-state index contributed by atoms with van der Waals surface area (Å²) < 4.78 is 0. The zero-order chi connectivity index (χ0) is 20.5. The molecule has 3 amide bonds. The van der Waals surface area contributed by atoms with Crippen molar-refractivity contribution >= 4 is 23.4 Å². The van der Waals surface area contributed by atoms with Gasteiger partial charge in [0.1, 0.15) is 5.54 Å². The van der Waals surface area contributed by atoms with Gasteiger partial charge in [0.15, 0.2) is 5.78 Å². The minimum atomic E-state index is -1.38. The summed E-state index contributed by atoms with van der Waals surface area (Å²) in [6.07, 6.45) is 0. The summed E-state index contributed by atoms with van der Waals surface area (Å²) in [7, 11) is 0. The van der Waals surface area contributed by atoms with Crippen LogP contribution in [0.25, 0.3) is 0 Å². The summed E-state index contributed by atoms with van der Waals surface area (Å²) in [4.78, 5) is 48.6. The van der Waals surface area contributed by atoms with E-state index in [1.54, 1.807) is 12.1 Å². The average molecular weight is 378 g/mol. The number of ketones is 1. The molecule has 3 rings (SSSR count). The number of nitrogens with one attached hydrogen (secondary N) is 1. The Kier molecular flexibility index (Phi) is 4.63. The number of Topliss-reactive ketones (excluding diaryl/α,β-unsaturated/α-hetero) is 1. The fourth-order valence-electron chi connectivity index (χ4n) is 2.94. The fraction of sp³-hybridized carbons (Fsp3) is 0.158. The van der Waals surface area contributed by atoms with Crippen LogP contribution in [0.1, 0.15) is 28.4 Å². The van der Waals surface area contributed by atoms with Gasteiger partial charge in [-0.25, -0.2) is 4.79 Å². The van der Waals surface area contributed by atoms with Crippen molar-refractivity contribution in [1.82, 2.24) is 10.2 Å². The number of nitriles is 1. The monoisotopic (exact) mass is 378 g/mol. The highest BCUT2D eigenvalue weighted by Gasteiger charge is 2.49. The minimum absolute atomic E-state index is 0.0294. The third kappa shape index (κ3) is 3.19. The van der Waals surface area contributed by atoms with Gasteiger partial charge in [-0.3, -0.25) is 24.6 Å². The van der Waals surface area contributed by atoms with Crippen molar-refractivity contribution < 1.29 is 19.3 Å². The van der Waals surface area contributed by atoms with Gasteiger partial charge in [0, 0.05) is 17.7 Å². The topological polar surface area (TPSA) is 133 Å². The number of nitrogens with zero attached hydrogens (tertiary/aromatic N) is 3. The predicted octanol–water partition coefficient (Wildman–Crippen LogP) is 2.12. The van der Waals surface area contributed by atoms with Crippen molar-refractivity contribution in [3.8, 4) is 6.07 Å². The number of nitro benzene ring substituents is 1. The molecule has 2 aromatic carbocycles. The highest BCUT2D eigenvalue weighted by atomic mass is 16.6. The number of non-ortho nitro benzene ring substituents is 1. The number of urea groups is 1. The fourth-order valence-corrected chi connectivity index (χ4v) is 2.94. The van der Waals surface area contributed by atoms with E-state index in [0.717, 1.165) is 11.0 Å². The maximum Gasteiger partial charge on any atom is 0.325 e. The molecule has 9 heteroatoms. The molecule has 1 aliphatic rings. The Labute approximate surface area is 159 Å². The molecule has 140 valence electrons. The first-order chi connectivity index (χ1) is 13.3. The van der Waals surface area contributed by atoms with Crippen molar-refractivity contribution in [2.75, 3.05) is 6.54 Å². The normalized spacial score (nSPS) is 18.5. The zero-order valence-corrected chi connectivity index (χ0v) is 14.7. The van der Waals surface area contributed by atoms with E-state index in [0.29, 0.717) is 11.1 Å². The summed E-state index contributed by atoms with van der Waals surface area (Å²) in [6, 6.07) is 12.5. The lowest BCUT2D eigenvalue weighted by Gasteiger charge is -2.22. The van der Waals surface area contributed by atoms with E-state index in [-0.39, 0.29) is 11.3 Å². The minimum Gasteiger partial charge on any atom is -0.319 e. The van der Waals surface area contributed by atoms with Gasteiger partial charge in [-0.1, -0.05) is 24.3 Å². The molecule has 1 N–H and O–H groups in total. The standard InChI is InChI=1S/C19H14N4O5/c1-19(14-7-5-12(10-20)6-8-14)17(25)22(18(26)21-19)11-16(24)13-3-2-4-15(9-13)23(27)28/h2-9H,11H2,1H3,(H,21,26). The van der Waals surface area contributed by atoms with Crippen molar-refractivity contribution in [2.24, 2.45) is 0 Å². The quantitative estimate of drug-likeness (QED) is 0.367. The molecule has 0 spiro atoms. The van der Waals surface area contributed by atoms with Crippen molar-refractivity contribution in [3.63, 3.8) is 0 Å². The molecule has 9 nitrogen and oxygen atoms in total. The SMILES string of the molecule is CC1(c2ccc(C#N)cc2)NC(=O)N(CC(=O)c2cccc([N+](=O)[O-])c2)C1=O. The Morgan fingerprint density at radius 2 is 1.93 bits per heavy atom. The Bertz CT molecular complexity index is 1040. The van der Waals surface area contributed by atoms with E-state index in [1.807, 2.05) is 6.07 Å². The molecule has 1 atom stereocenters. The molecule has 0 bridgehead atoms. The second kappa shape index (κ2) is 6.92. The van der Waals surface area contributed by atoms with E-state index in [4.69, 9.17) is 5.26 Å².